The number of amides is 2. The molecule has 0 bridgehead atoms. The van der Waals surface area contributed by atoms with Gasteiger partial charge in [0.1, 0.15) is 0 Å². The minimum atomic E-state index is -0.576. The first-order valence-electron chi connectivity index (χ1n) is 6.13. The van der Waals surface area contributed by atoms with Crippen LogP contribution in [0.15, 0.2) is 24.3 Å². The van der Waals surface area contributed by atoms with E-state index in [0.29, 0.717) is 12.2 Å². The van der Waals surface area contributed by atoms with E-state index in [-0.39, 0.29) is 11.9 Å². The summed E-state index contributed by atoms with van der Waals surface area (Å²) >= 11 is 0. The van der Waals surface area contributed by atoms with Gasteiger partial charge in [0.25, 0.3) is 0 Å². The van der Waals surface area contributed by atoms with Gasteiger partial charge in [0.15, 0.2) is 0 Å². The molecule has 0 saturated carbocycles. The van der Waals surface area contributed by atoms with Gasteiger partial charge in [0.2, 0.25) is 0 Å². The number of benzene rings is 1. The number of rotatable bonds is 4. The molecule has 2 N–H and O–H groups in total. The third-order valence-electron chi connectivity index (χ3n) is 2.74. The smallest absolute Gasteiger partial charge is 0.321 e. The summed E-state index contributed by atoms with van der Waals surface area (Å²) in [6.45, 7) is 3.80. The molecule has 0 aliphatic heterocycles. The molecule has 0 fully saturated rings. The van der Waals surface area contributed by atoms with E-state index < -0.39 is 6.10 Å². The average molecular weight is 261 g/mol. The molecule has 2 unspecified atom stereocenters. The predicted molar refractivity (Wildman–Crippen MR) is 73.5 cm³/mol. The van der Waals surface area contributed by atoms with Gasteiger partial charge in [-0.3, -0.25) is 0 Å². The highest BCUT2D eigenvalue weighted by Crippen LogP contribution is 2.17. The Morgan fingerprint density at radius 3 is 2.79 bits per heavy atom. The normalized spacial score (nSPS) is 13.2. The predicted octanol–water partition coefficient (Wildman–Crippen LogP) is 2.36. The number of carbonyl (C=O) groups is 1. The van der Waals surface area contributed by atoms with Crippen LogP contribution in [0, 0.1) is 17.2 Å². The molecular formula is C14H19N3O2. The lowest BCUT2D eigenvalue weighted by Gasteiger charge is -2.19. The van der Waals surface area contributed by atoms with Crippen molar-refractivity contribution in [3.63, 3.8) is 0 Å². The highest BCUT2D eigenvalue weighted by molar-refractivity contribution is 5.89. The number of aliphatic hydroxyl groups is 1. The Morgan fingerprint density at radius 2 is 2.21 bits per heavy atom. The fourth-order valence-corrected chi connectivity index (χ4v) is 1.63. The summed E-state index contributed by atoms with van der Waals surface area (Å²) in [6, 6.07) is 8.86. The summed E-state index contributed by atoms with van der Waals surface area (Å²) in [7, 11) is 1.64. The molecule has 0 aromatic heterocycles. The lowest BCUT2D eigenvalue weighted by Crippen LogP contribution is -2.34. The van der Waals surface area contributed by atoms with Gasteiger partial charge in [-0.05, 0) is 31.5 Å². The van der Waals surface area contributed by atoms with Crippen molar-refractivity contribution in [2.45, 2.75) is 20.0 Å². The van der Waals surface area contributed by atoms with Crippen molar-refractivity contribution in [2.24, 2.45) is 5.92 Å². The number of carbonyl (C=O) groups excluding carboxylic acids is 1. The van der Waals surface area contributed by atoms with Gasteiger partial charge in [-0.1, -0.05) is 12.1 Å². The second-order valence-corrected chi connectivity index (χ2v) is 4.64. The zero-order valence-electron chi connectivity index (χ0n) is 11.4. The van der Waals surface area contributed by atoms with Gasteiger partial charge in [-0.2, -0.15) is 5.26 Å². The maximum Gasteiger partial charge on any atom is 0.321 e. The number of nitriles is 1. The third-order valence-corrected chi connectivity index (χ3v) is 2.74. The molecule has 5 nitrogen and oxygen atoms in total. The Kier molecular flexibility index (Phi) is 5.34. The SMILES string of the molecule is CC(C#N)CN(C)C(=O)Nc1cccc(C(C)O)c1. The van der Waals surface area contributed by atoms with Crippen LogP contribution >= 0.6 is 0 Å². The molecule has 0 aliphatic carbocycles. The van der Waals surface area contributed by atoms with Crippen LogP contribution in [0.5, 0.6) is 0 Å². The van der Waals surface area contributed by atoms with Crippen LogP contribution in [0.4, 0.5) is 10.5 Å². The van der Waals surface area contributed by atoms with Crippen molar-refractivity contribution >= 4 is 11.7 Å². The number of nitrogens with zero attached hydrogens (tertiary/aromatic N) is 2. The summed E-state index contributed by atoms with van der Waals surface area (Å²) in [5.74, 6) is -0.209. The van der Waals surface area contributed by atoms with E-state index in [0.717, 1.165) is 5.56 Å². The molecule has 0 aliphatic rings. The topological polar surface area (TPSA) is 76.4 Å². The van der Waals surface area contributed by atoms with E-state index in [1.807, 2.05) is 0 Å². The van der Waals surface area contributed by atoms with Gasteiger partial charge in [0.05, 0.1) is 18.1 Å². The van der Waals surface area contributed by atoms with Crippen molar-refractivity contribution in [2.75, 3.05) is 18.9 Å². The Labute approximate surface area is 113 Å². The molecule has 1 rings (SSSR count). The number of urea groups is 1. The Bertz CT molecular complexity index is 480. The molecule has 0 spiro atoms. The quantitative estimate of drug-likeness (QED) is 0.873. The van der Waals surface area contributed by atoms with Crippen LogP contribution in [-0.2, 0) is 0 Å². The minimum absolute atomic E-state index is 0.209. The van der Waals surface area contributed by atoms with Crippen LogP contribution in [0.25, 0.3) is 0 Å². The highest BCUT2D eigenvalue weighted by Gasteiger charge is 2.12. The molecule has 0 heterocycles. The molecule has 0 saturated heterocycles. The minimum Gasteiger partial charge on any atom is -0.389 e. The molecule has 0 radical (unpaired) electrons. The van der Waals surface area contributed by atoms with Crippen LogP contribution in [0.1, 0.15) is 25.5 Å². The number of anilines is 1. The number of aliphatic hydroxyl groups excluding tert-OH is 1. The fourth-order valence-electron chi connectivity index (χ4n) is 1.63. The lowest BCUT2D eigenvalue weighted by atomic mass is 10.1. The van der Waals surface area contributed by atoms with Crippen LogP contribution in [0.2, 0.25) is 0 Å². The van der Waals surface area contributed by atoms with Crippen molar-refractivity contribution in [3.05, 3.63) is 29.8 Å². The largest absolute Gasteiger partial charge is 0.389 e. The molecule has 5 heteroatoms. The number of hydrogen-bond acceptors (Lipinski definition) is 3. The van der Waals surface area contributed by atoms with E-state index in [2.05, 4.69) is 11.4 Å². The Morgan fingerprint density at radius 1 is 1.53 bits per heavy atom. The number of hydrogen-bond donors (Lipinski definition) is 2. The van der Waals surface area contributed by atoms with Gasteiger partial charge in [-0.15, -0.1) is 0 Å². The van der Waals surface area contributed by atoms with E-state index in [9.17, 15) is 9.90 Å². The zero-order valence-corrected chi connectivity index (χ0v) is 11.4. The van der Waals surface area contributed by atoms with E-state index in [1.165, 1.54) is 4.90 Å². The van der Waals surface area contributed by atoms with E-state index >= 15 is 0 Å². The third kappa shape index (κ3) is 4.60. The fraction of sp³-hybridized carbons (Fsp3) is 0.429. The van der Waals surface area contributed by atoms with Crippen molar-refractivity contribution < 1.29 is 9.90 Å². The van der Waals surface area contributed by atoms with Gasteiger partial charge < -0.3 is 15.3 Å². The monoisotopic (exact) mass is 261 g/mol. The number of nitrogens with one attached hydrogen (secondary N) is 1. The summed E-state index contributed by atoms with van der Waals surface area (Å²) in [5, 5.41) is 20.9. The summed E-state index contributed by atoms with van der Waals surface area (Å²) in [5.41, 5.74) is 1.37. The second kappa shape index (κ2) is 6.76. The second-order valence-electron chi connectivity index (χ2n) is 4.64. The average Bonchev–Trinajstić information content (AvgIpc) is 2.38. The van der Waals surface area contributed by atoms with Crippen LogP contribution in [-0.4, -0.2) is 29.6 Å². The highest BCUT2D eigenvalue weighted by atomic mass is 16.3. The first kappa shape index (κ1) is 15.0. The Balaban J connectivity index is 2.66. The van der Waals surface area contributed by atoms with Gasteiger partial charge in [-0.25, -0.2) is 4.79 Å². The Hall–Kier alpha value is -2.06. The van der Waals surface area contributed by atoms with Crippen LogP contribution < -0.4 is 5.32 Å². The summed E-state index contributed by atoms with van der Waals surface area (Å²) in [4.78, 5) is 13.3. The first-order chi connectivity index (χ1) is 8.93. The van der Waals surface area contributed by atoms with E-state index in [1.54, 1.807) is 45.2 Å². The molecule has 102 valence electrons. The lowest BCUT2D eigenvalue weighted by molar-refractivity contribution is 0.199. The van der Waals surface area contributed by atoms with Crippen LogP contribution in [0.3, 0.4) is 0 Å². The van der Waals surface area contributed by atoms with Crippen molar-refractivity contribution in [3.8, 4) is 6.07 Å². The summed E-state index contributed by atoms with van der Waals surface area (Å²) in [6.07, 6.45) is -0.576. The standard InChI is InChI=1S/C14H19N3O2/c1-10(8-15)9-17(3)14(19)16-13-6-4-5-12(7-13)11(2)18/h4-7,10-11,18H,9H2,1-3H3,(H,16,19). The van der Waals surface area contributed by atoms with E-state index in [4.69, 9.17) is 5.26 Å². The summed E-state index contributed by atoms with van der Waals surface area (Å²) < 4.78 is 0. The van der Waals surface area contributed by atoms with Gasteiger partial charge in [0, 0.05) is 19.3 Å². The maximum absolute atomic E-state index is 11.9. The maximum atomic E-state index is 11.9. The molecule has 1 aromatic rings. The van der Waals surface area contributed by atoms with Crippen molar-refractivity contribution in [1.29, 1.82) is 5.26 Å². The molecule has 2 atom stereocenters. The molecule has 2 amide bonds. The first-order valence-corrected chi connectivity index (χ1v) is 6.13. The molecular weight excluding hydrogens is 242 g/mol. The van der Waals surface area contributed by atoms with Gasteiger partial charge >= 0.3 is 6.03 Å². The molecule has 19 heavy (non-hydrogen) atoms. The zero-order chi connectivity index (χ0) is 14.4. The molecule has 1 aromatic carbocycles. The van der Waals surface area contributed by atoms with Crippen molar-refractivity contribution in [1.82, 2.24) is 4.90 Å².